The van der Waals surface area contributed by atoms with Crippen molar-refractivity contribution in [2.24, 2.45) is 0 Å². The molecule has 0 unspecified atom stereocenters. The van der Waals surface area contributed by atoms with E-state index in [2.05, 4.69) is 6.08 Å². The number of fused-ring (bicyclic) bond motifs is 1. The summed E-state index contributed by atoms with van der Waals surface area (Å²) < 4.78 is 0. The van der Waals surface area contributed by atoms with Crippen molar-refractivity contribution in [3.63, 3.8) is 0 Å². The van der Waals surface area contributed by atoms with Gasteiger partial charge in [-0.15, -0.1) is 0 Å². The van der Waals surface area contributed by atoms with Gasteiger partial charge in [-0.1, -0.05) is 30.4 Å². The summed E-state index contributed by atoms with van der Waals surface area (Å²) in [4.78, 5) is 0. The van der Waals surface area contributed by atoms with Gasteiger partial charge in [-0.3, -0.25) is 0 Å². The lowest BCUT2D eigenvalue weighted by molar-refractivity contribution is 0.124. The molecule has 1 heteroatoms. The summed E-state index contributed by atoms with van der Waals surface area (Å²) in [6, 6.07) is 0. The summed E-state index contributed by atoms with van der Waals surface area (Å²) in [5, 5.41) is 9.98. The van der Waals surface area contributed by atoms with Gasteiger partial charge in [-0.2, -0.15) is 0 Å². The summed E-state index contributed by atoms with van der Waals surface area (Å²) in [6.45, 7) is 0. The lowest BCUT2D eigenvalue weighted by Crippen LogP contribution is -2.31. The fraction of sp³-hybridized carbons (Fsp3) is 0.400. The quantitative estimate of drug-likeness (QED) is 0.520. The van der Waals surface area contributed by atoms with Gasteiger partial charge in [0, 0.05) is 6.42 Å². The van der Waals surface area contributed by atoms with E-state index >= 15 is 0 Å². The van der Waals surface area contributed by atoms with E-state index in [9.17, 15) is 5.11 Å². The summed E-state index contributed by atoms with van der Waals surface area (Å²) in [7, 11) is 0. The Morgan fingerprint density at radius 1 is 1.36 bits per heavy atom. The average Bonchev–Trinajstić information content (AvgIpc) is 2.03. The Morgan fingerprint density at radius 2 is 2.27 bits per heavy atom. The van der Waals surface area contributed by atoms with Gasteiger partial charge >= 0.3 is 0 Å². The SMILES string of the molecule is O[C@]12C=CCCC1=CC=CC2. The van der Waals surface area contributed by atoms with E-state index in [-0.39, 0.29) is 0 Å². The number of hydrogen-bond donors (Lipinski definition) is 1. The lowest BCUT2D eigenvalue weighted by atomic mass is 9.80. The maximum absolute atomic E-state index is 9.98. The first kappa shape index (κ1) is 6.86. The Labute approximate surface area is 66.7 Å². The van der Waals surface area contributed by atoms with Gasteiger partial charge < -0.3 is 5.11 Å². The molecule has 0 aromatic carbocycles. The monoisotopic (exact) mass is 148 g/mol. The number of hydrogen-bond acceptors (Lipinski definition) is 1. The van der Waals surface area contributed by atoms with Gasteiger partial charge in [0.2, 0.25) is 0 Å². The van der Waals surface area contributed by atoms with Crippen LogP contribution in [0.1, 0.15) is 19.3 Å². The predicted molar refractivity (Wildman–Crippen MR) is 45.2 cm³/mol. The number of aliphatic hydroxyl groups is 1. The molecule has 0 aromatic heterocycles. The maximum atomic E-state index is 9.98. The third kappa shape index (κ3) is 1.05. The minimum Gasteiger partial charge on any atom is -0.381 e. The van der Waals surface area contributed by atoms with Crippen LogP contribution in [0, 0.1) is 0 Å². The van der Waals surface area contributed by atoms with Gasteiger partial charge in [0.25, 0.3) is 0 Å². The van der Waals surface area contributed by atoms with Crippen molar-refractivity contribution < 1.29 is 5.11 Å². The molecule has 0 spiro atoms. The molecule has 0 bridgehead atoms. The highest BCUT2D eigenvalue weighted by atomic mass is 16.3. The second-order valence-corrected chi connectivity index (χ2v) is 3.19. The van der Waals surface area contributed by atoms with Crippen molar-refractivity contribution in [3.05, 3.63) is 36.0 Å². The molecule has 0 heterocycles. The van der Waals surface area contributed by atoms with E-state index in [1.165, 1.54) is 5.57 Å². The fourth-order valence-corrected chi connectivity index (χ4v) is 1.70. The summed E-state index contributed by atoms with van der Waals surface area (Å²) in [6.07, 6.45) is 12.9. The minimum atomic E-state index is -0.632. The highest BCUT2D eigenvalue weighted by molar-refractivity contribution is 5.35. The van der Waals surface area contributed by atoms with Crippen LogP contribution in [0.5, 0.6) is 0 Å². The topological polar surface area (TPSA) is 20.2 Å². The van der Waals surface area contributed by atoms with Crippen molar-refractivity contribution in [3.8, 4) is 0 Å². The molecular weight excluding hydrogens is 136 g/mol. The Balaban J connectivity index is 2.38. The molecule has 0 aliphatic heterocycles. The minimum absolute atomic E-state index is 0.632. The van der Waals surface area contributed by atoms with Crippen LogP contribution in [0.2, 0.25) is 0 Å². The number of allylic oxidation sites excluding steroid dienone is 3. The highest BCUT2D eigenvalue weighted by Gasteiger charge is 2.29. The third-order valence-electron chi connectivity index (χ3n) is 2.39. The Bertz CT molecular complexity index is 248. The van der Waals surface area contributed by atoms with Crippen molar-refractivity contribution in [2.75, 3.05) is 0 Å². The maximum Gasteiger partial charge on any atom is 0.107 e. The second-order valence-electron chi connectivity index (χ2n) is 3.19. The molecule has 1 nitrogen and oxygen atoms in total. The fourth-order valence-electron chi connectivity index (χ4n) is 1.70. The van der Waals surface area contributed by atoms with Crippen LogP contribution in [0.3, 0.4) is 0 Å². The molecular formula is C10H12O. The highest BCUT2D eigenvalue weighted by Crippen LogP contribution is 2.33. The summed E-state index contributed by atoms with van der Waals surface area (Å²) in [5.41, 5.74) is 0.537. The first-order valence-electron chi connectivity index (χ1n) is 4.07. The molecule has 0 saturated carbocycles. The van der Waals surface area contributed by atoms with Gasteiger partial charge in [-0.25, -0.2) is 0 Å². The molecule has 2 aliphatic carbocycles. The van der Waals surface area contributed by atoms with Crippen molar-refractivity contribution in [1.29, 1.82) is 0 Å². The van der Waals surface area contributed by atoms with Crippen molar-refractivity contribution in [1.82, 2.24) is 0 Å². The standard InChI is InChI=1S/C10H12O/c11-10-7-3-1-5-9(10)6-2-4-8-10/h1,3-5,8,11H,2,6-7H2/t10-/m1/s1. The van der Waals surface area contributed by atoms with Crippen molar-refractivity contribution >= 4 is 0 Å². The predicted octanol–water partition coefficient (Wildman–Crippen LogP) is 1.95. The van der Waals surface area contributed by atoms with Gasteiger partial charge in [0.05, 0.1) is 0 Å². The molecule has 1 N–H and O–H groups in total. The summed E-state index contributed by atoms with van der Waals surface area (Å²) >= 11 is 0. The average molecular weight is 148 g/mol. The Morgan fingerprint density at radius 3 is 3.09 bits per heavy atom. The van der Waals surface area contributed by atoms with E-state index in [0.29, 0.717) is 0 Å². The zero-order valence-corrected chi connectivity index (χ0v) is 6.46. The Kier molecular flexibility index (Phi) is 1.46. The van der Waals surface area contributed by atoms with E-state index in [4.69, 9.17) is 0 Å². The molecule has 0 saturated heterocycles. The molecule has 2 rings (SSSR count). The van der Waals surface area contributed by atoms with Crippen LogP contribution in [-0.2, 0) is 0 Å². The van der Waals surface area contributed by atoms with Gasteiger partial charge in [0.15, 0.2) is 0 Å². The van der Waals surface area contributed by atoms with E-state index < -0.39 is 5.60 Å². The van der Waals surface area contributed by atoms with E-state index in [1.54, 1.807) is 0 Å². The van der Waals surface area contributed by atoms with Gasteiger partial charge in [-0.05, 0) is 18.4 Å². The van der Waals surface area contributed by atoms with Crippen molar-refractivity contribution in [2.45, 2.75) is 24.9 Å². The lowest BCUT2D eigenvalue weighted by Gasteiger charge is -2.31. The van der Waals surface area contributed by atoms with Crippen LogP contribution in [0.25, 0.3) is 0 Å². The number of rotatable bonds is 0. The molecule has 0 radical (unpaired) electrons. The molecule has 0 aromatic rings. The molecule has 0 amide bonds. The Hall–Kier alpha value is -0.820. The first-order valence-corrected chi connectivity index (χ1v) is 4.07. The van der Waals surface area contributed by atoms with Crippen LogP contribution in [0.15, 0.2) is 36.0 Å². The zero-order valence-electron chi connectivity index (χ0n) is 6.46. The first-order chi connectivity index (χ1) is 5.31. The zero-order chi connectivity index (χ0) is 7.73. The molecule has 2 aliphatic rings. The molecule has 1 atom stereocenters. The molecule has 58 valence electrons. The molecule has 11 heavy (non-hydrogen) atoms. The van der Waals surface area contributed by atoms with Crippen LogP contribution in [-0.4, -0.2) is 10.7 Å². The third-order valence-corrected chi connectivity index (χ3v) is 2.39. The van der Waals surface area contributed by atoms with Crippen LogP contribution in [0.4, 0.5) is 0 Å². The smallest absolute Gasteiger partial charge is 0.107 e. The molecule has 0 fully saturated rings. The van der Waals surface area contributed by atoms with Crippen LogP contribution >= 0.6 is 0 Å². The van der Waals surface area contributed by atoms with Gasteiger partial charge in [0.1, 0.15) is 5.60 Å². The summed E-state index contributed by atoms with van der Waals surface area (Å²) in [5.74, 6) is 0. The van der Waals surface area contributed by atoms with E-state index in [0.717, 1.165) is 19.3 Å². The van der Waals surface area contributed by atoms with E-state index in [1.807, 2.05) is 24.3 Å². The normalized spacial score (nSPS) is 34.8. The van der Waals surface area contributed by atoms with Crippen LogP contribution < -0.4 is 0 Å². The second kappa shape index (κ2) is 2.35. The largest absolute Gasteiger partial charge is 0.381 e.